The van der Waals surface area contributed by atoms with Crippen LogP contribution in [0.2, 0.25) is 0 Å². The fourth-order valence-electron chi connectivity index (χ4n) is 3.80. The van der Waals surface area contributed by atoms with Crippen LogP contribution in [0.25, 0.3) is 0 Å². The average Bonchev–Trinajstić information content (AvgIpc) is 2.34. The minimum Gasteiger partial charge on any atom is -0.370 e. The molecule has 2 nitrogen and oxygen atoms in total. The van der Waals surface area contributed by atoms with E-state index in [1.54, 1.807) is 0 Å². The summed E-state index contributed by atoms with van der Waals surface area (Å²) in [5.41, 5.74) is -0.0540. The van der Waals surface area contributed by atoms with Gasteiger partial charge in [-0.05, 0) is 25.7 Å². The van der Waals surface area contributed by atoms with Crippen LogP contribution in [0, 0.1) is 0 Å². The van der Waals surface area contributed by atoms with E-state index in [0.717, 1.165) is 38.9 Å². The summed E-state index contributed by atoms with van der Waals surface area (Å²) in [6.45, 7) is 10.6. The maximum Gasteiger partial charge on any atom is 0.0971 e. The molecule has 0 radical (unpaired) electrons. The molecular weight excluding hydrogens is 224 g/mol. The van der Waals surface area contributed by atoms with Gasteiger partial charge in [-0.2, -0.15) is 0 Å². The van der Waals surface area contributed by atoms with Crippen molar-refractivity contribution in [3.8, 4) is 0 Å². The Bertz CT molecular complexity index is 178. The van der Waals surface area contributed by atoms with E-state index >= 15 is 0 Å². The van der Waals surface area contributed by atoms with Crippen molar-refractivity contribution < 1.29 is 9.47 Å². The van der Waals surface area contributed by atoms with E-state index in [0.29, 0.717) is 0 Å². The lowest BCUT2D eigenvalue weighted by molar-refractivity contribution is -0.272. The molecule has 0 amide bonds. The van der Waals surface area contributed by atoms with Crippen LogP contribution in [0.5, 0.6) is 0 Å². The van der Waals surface area contributed by atoms with Crippen molar-refractivity contribution >= 4 is 0 Å². The summed E-state index contributed by atoms with van der Waals surface area (Å²) in [7, 11) is 0. The van der Waals surface area contributed by atoms with E-state index in [1.807, 2.05) is 0 Å². The molecule has 0 saturated carbocycles. The van der Waals surface area contributed by atoms with Crippen molar-refractivity contribution in [2.24, 2.45) is 0 Å². The Labute approximate surface area is 113 Å². The lowest BCUT2D eigenvalue weighted by Gasteiger charge is -2.53. The van der Waals surface area contributed by atoms with Gasteiger partial charge in [-0.15, -0.1) is 0 Å². The summed E-state index contributed by atoms with van der Waals surface area (Å²) in [6.07, 6.45) is 9.28. The van der Waals surface area contributed by atoms with E-state index in [2.05, 4.69) is 27.7 Å². The van der Waals surface area contributed by atoms with Crippen LogP contribution in [0.15, 0.2) is 0 Å². The molecule has 0 aromatic heterocycles. The Morgan fingerprint density at radius 3 is 1.11 bits per heavy atom. The standard InChI is InChI=1S/C16H32O2/c1-5-9-15(10-6-2)16(11-7-3,12-8-4)18-14-13-17-15/h5-14H2,1-4H3. The van der Waals surface area contributed by atoms with Crippen LogP contribution < -0.4 is 0 Å². The molecule has 18 heavy (non-hydrogen) atoms. The van der Waals surface area contributed by atoms with Crippen LogP contribution in [-0.4, -0.2) is 24.4 Å². The molecule has 1 aliphatic heterocycles. The lowest BCUT2D eigenvalue weighted by atomic mass is 9.70. The molecule has 1 rings (SSSR count). The molecule has 0 aliphatic carbocycles. The number of hydrogen-bond acceptors (Lipinski definition) is 2. The van der Waals surface area contributed by atoms with Gasteiger partial charge in [0.1, 0.15) is 0 Å². The monoisotopic (exact) mass is 256 g/mol. The Morgan fingerprint density at radius 1 is 0.611 bits per heavy atom. The number of hydrogen-bond donors (Lipinski definition) is 0. The Hall–Kier alpha value is -0.0800. The quantitative estimate of drug-likeness (QED) is 0.626. The SMILES string of the molecule is CCCC1(CCC)OCCOC1(CCC)CCC. The van der Waals surface area contributed by atoms with E-state index in [4.69, 9.17) is 9.47 Å². The van der Waals surface area contributed by atoms with Crippen molar-refractivity contribution in [3.63, 3.8) is 0 Å². The van der Waals surface area contributed by atoms with Crippen molar-refractivity contribution in [2.75, 3.05) is 13.2 Å². The minimum atomic E-state index is -0.0270. The zero-order valence-corrected chi connectivity index (χ0v) is 12.9. The zero-order valence-electron chi connectivity index (χ0n) is 12.9. The molecular formula is C16H32O2. The Balaban J connectivity index is 3.02. The van der Waals surface area contributed by atoms with Crippen LogP contribution in [0.4, 0.5) is 0 Å². The molecule has 2 heteroatoms. The second kappa shape index (κ2) is 7.49. The summed E-state index contributed by atoms with van der Waals surface area (Å²) in [5.74, 6) is 0. The van der Waals surface area contributed by atoms with E-state index in [1.165, 1.54) is 25.7 Å². The first-order valence-corrected chi connectivity index (χ1v) is 7.98. The summed E-state index contributed by atoms with van der Waals surface area (Å²) >= 11 is 0. The highest BCUT2D eigenvalue weighted by atomic mass is 16.6. The van der Waals surface area contributed by atoms with Gasteiger partial charge < -0.3 is 9.47 Å². The Kier molecular flexibility index (Phi) is 6.65. The highest BCUT2D eigenvalue weighted by molar-refractivity contribution is 5.03. The second-order valence-corrected chi connectivity index (χ2v) is 5.69. The van der Waals surface area contributed by atoms with Gasteiger partial charge in [0.15, 0.2) is 0 Å². The first kappa shape index (κ1) is 16.0. The molecule has 0 spiro atoms. The van der Waals surface area contributed by atoms with Gasteiger partial charge in [0.05, 0.1) is 24.4 Å². The van der Waals surface area contributed by atoms with Crippen LogP contribution in [0.3, 0.4) is 0 Å². The van der Waals surface area contributed by atoms with Gasteiger partial charge in [0, 0.05) is 0 Å². The maximum atomic E-state index is 6.34. The lowest BCUT2D eigenvalue weighted by Crippen LogP contribution is -2.61. The molecule has 1 fully saturated rings. The largest absolute Gasteiger partial charge is 0.370 e. The van der Waals surface area contributed by atoms with Gasteiger partial charge in [0.2, 0.25) is 0 Å². The van der Waals surface area contributed by atoms with Gasteiger partial charge in [-0.1, -0.05) is 53.4 Å². The predicted molar refractivity (Wildman–Crippen MR) is 77.0 cm³/mol. The van der Waals surface area contributed by atoms with Crippen LogP contribution in [-0.2, 0) is 9.47 Å². The summed E-state index contributed by atoms with van der Waals surface area (Å²) in [5, 5.41) is 0. The van der Waals surface area contributed by atoms with Crippen LogP contribution >= 0.6 is 0 Å². The normalized spacial score (nSPS) is 22.0. The smallest absolute Gasteiger partial charge is 0.0971 e. The first-order chi connectivity index (χ1) is 8.70. The third kappa shape index (κ3) is 3.08. The van der Waals surface area contributed by atoms with E-state index in [9.17, 15) is 0 Å². The molecule has 108 valence electrons. The van der Waals surface area contributed by atoms with E-state index < -0.39 is 0 Å². The van der Waals surface area contributed by atoms with Crippen molar-refractivity contribution in [3.05, 3.63) is 0 Å². The highest BCUT2D eigenvalue weighted by Crippen LogP contribution is 2.46. The minimum absolute atomic E-state index is 0.0270. The highest BCUT2D eigenvalue weighted by Gasteiger charge is 2.52. The van der Waals surface area contributed by atoms with Gasteiger partial charge in [-0.25, -0.2) is 0 Å². The molecule has 0 bridgehead atoms. The predicted octanol–water partition coefficient (Wildman–Crippen LogP) is 4.71. The van der Waals surface area contributed by atoms with Crippen LogP contribution in [0.1, 0.15) is 79.1 Å². The molecule has 1 aliphatic rings. The molecule has 0 aromatic rings. The zero-order chi connectivity index (χ0) is 13.5. The van der Waals surface area contributed by atoms with Crippen molar-refractivity contribution in [1.82, 2.24) is 0 Å². The molecule has 0 unspecified atom stereocenters. The molecule has 1 saturated heterocycles. The topological polar surface area (TPSA) is 18.5 Å². The maximum absolute atomic E-state index is 6.34. The third-order valence-electron chi connectivity index (χ3n) is 4.29. The Morgan fingerprint density at radius 2 is 0.889 bits per heavy atom. The molecule has 0 atom stereocenters. The van der Waals surface area contributed by atoms with Crippen molar-refractivity contribution in [2.45, 2.75) is 90.3 Å². The molecule has 0 N–H and O–H groups in total. The van der Waals surface area contributed by atoms with Gasteiger partial charge in [-0.3, -0.25) is 0 Å². The number of rotatable bonds is 8. The number of ether oxygens (including phenoxy) is 2. The average molecular weight is 256 g/mol. The van der Waals surface area contributed by atoms with Crippen molar-refractivity contribution in [1.29, 1.82) is 0 Å². The third-order valence-corrected chi connectivity index (χ3v) is 4.29. The fourth-order valence-corrected chi connectivity index (χ4v) is 3.80. The summed E-state index contributed by atoms with van der Waals surface area (Å²) < 4.78 is 12.7. The van der Waals surface area contributed by atoms with Gasteiger partial charge in [0.25, 0.3) is 0 Å². The molecule has 1 heterocycles. The second-order valence-electron chi connectivity index (χ2n) is 5.69. The summed E-state index contributed by atoms with van der Waals surface area (Å²) in [4.78, 5) is 0. The first-order valence-electron chi connectivity index (χ1n) is 7.98. The van der Waals surface area contributed by atoms with Gasteiger partial charge >= 0.3 is 0 Å². The van der Waals surface area contributed by atoms with E-state index in [-0.39, 0.29) is 11.2 Å². The molecule has 0 aromatic carbocycles. The fraction of sp³-hybridized carbons (Fsp3) is 1.00. The summed E-state index contributed by atoms with van der Waals surface area (Å²) in [6, 6.07) is 0.